The van der Waals surface area contributed by atoms with E-state index < -0.39 is 6.09 Å². The normalized spacial score (nSPS) is 9.95. The molecule has 0 aliphatic rings. The van der Waals surface area contributed by atoms with Crippen molar-refractivity contribution in [3.63, 3.8) is 0 Å². The first-order valence-electron chi connectivity index (χ1n) is 6.74. The second-order valence-corrected chi connectivity index (χ2v) is 4.58. The van der Waals surface area contributed by atoms with Gasteiger partial charge in [0.2, 0.25) is 5.91 Å². The van der Waals surface area contributed by atoms with Crippen molar-refractivity contribution in [2.24, 2.45) is 0 Å². The Morgan fingerprint density at radius 2 is 2.10 bits per heavy atom. The van der Waals surface area contributed by atoms with Crippen LogP contribution >= 0.6 is 0 Å². The summed E-state index contributed by atoms with van der Waals surface area (Å²) in [4.78, 5) is 24.5. The van der Waals surface area contributed by atoms with E-state index in [0.29, 0.717) is 26.2 Å². The lowest BCUT2D eigenvalue weighted by atomic mass is 10.1. The molecule has 2 amide bonds. The second kappa shape index (κ2) is 8.19. The molecule has 0 saturated heterocycles. The third-order valence-corrected chi connectivity index (χ3v) is 2.83. The summed E-state index contributed by atoms with van der Waals surface area (Å²) in [5.74, 6) is -0.0165. The largest absolute Gasteiger partial charge is 0.450 e. The van der Waals surface area contributed by atoms with E-state index in [0.717, 1.165) is 11.1 Å². The number of alkyl carbamates (subject to hydrolysis) is 1. The Morgan fingerprint density at radius 1 is 1.35 bits per heavy atom. The van der Waals surface area contributed by atoms with Crippen LogP contribution in [0.2, 0.25) is 0 Å². The lowest BCUT2D eigenvalue weighted by Gasteiger charge is -2.21. The molecule has 0 spiro atoms. The van der Waals surface area contributed by atoms with Crippen LogP contribution in [-0.2, 0) is 16.1 Å². The van der Waals surface area contributed by atoms with Crippen molar-refractivity contribution < 1.29 is 14.3 Å². The summed E-state index contributed by atoms with van der Waals surface area (Å²) in [5.41, 5.74) is 2.24. The zero-order valence-corrected chi connectivity index (χ0v) is 12.3. The highest BCUT2D eigenvalue weighted by atomic mass is 16.5. The number of hydrogen-bond acceptors (Lipinski definition) is 3. The molecule has 110 valence electrons. The summed E-state index contributed by atoms with van der Waals surface area (Å²) in [6.45, 7) is 7.02. The fourth-order valence-electron chi connectivity index (χ4n) is 1.85. The van der Waals surface area contributed by atoms with Gasteiger partial charge in [-0.1, -0.05) is 29.8 Å². The Bertz CT molecular complexity index is 460. The first kappa shape index (κ1) is 16.0. The minimum absolute atomic E-state index is 0.0165. The molecular formula is C15H22N2O3. The zero-order valence-electron chi connectivity index (χ0n) is 12.3. The lowest BCUT2D eigenvalue weighted by molar-refractivity contribution is -0.129. The van der Waals surface area contributed by atoms with E-state index in [1.54, 1.807) is 11.8 Å². The van der Waals surface area contributed by atoms with Gasteiger partial charge >= 0.3 is 6.09 Å². The van der Waals surface area contributed by atoms with Gasteiger partial charge in [0.25, 0.3) is 0 Å². The predicted octanol–water partition coefficient (Wildman–Crippen LogP) is 2.09. The first-order chi connectivity index (χ1) is 9.52. The van der Waals surface area contributed by atoms with Crippen LogP contribution in [-0.4, -0.2) is 36.6 Å². The van der Waals surface area contributed by atoms with Gasteiger partial charge in [0.15, 0.2) is 0 Å². The van der Waals surface area contributed by atoms with Crippen LogP contribution in [0.1, 0.15) is 25.0 Å². The summed E-state index contributed by atoms with van der Waals surface area (Å²) in [5, 5.41) is 2.61. The second-order valence-electron chi connectivity index (χ2n) is 4.58. The third-order valence-electron chi connectivity index (χ3n) is 2.83. The number of nitrogens with zero attached hydrogens (tertiary/aromatic N) is 1. The Balaban J connectivity index is 2.49. The molecule has 0 fully saturated rings. The lowest BCUT2D eigenvalue weighted by Crippen LogP contribution is -2.37. The summed E-state index contributed by atoms with van der Waals surface area (Å²) >= 11 is 0. The van der Waals surface area contributed by atoms with Crippen molar-refractivity contribution in [3.8, 4) is 0 Å². The Morgan fingerprint density at radius 3 is 2.70 bits per heavy atom. The van der Waals surface area contributed by atoms with Crippen molar-refractivity contribution in [1.29, 1.82) is 0 Å². The number of carbonyl (C=O) groups excluding carboxylic acids is 2. The molecule has 0 aromatic heterocycles. The van der Waals surface area contributed by atoms with Gasteiger partial charge in [-0.15, -0.1) is 0 Å². The maximum absolute atomic E-state index is 11.6. The summed E-state index contributed by atoms with van der Waals surface area (Å²) in [7, 11) is 0. The molecule has 0 unspecified atom stereocenters. The highest BCUT2D eigenvalue weighted by Crippen LogP contribution is 2.07. The molecule has 0 heterocycles. The summed E-state index contributed by atoms with van der Waals surface area (Å²) in [6, 6.07) is 8.03. The average Bonchev–Trinajstić information content (AvgIpc) is 2.37. The number of benzene rings is 1. The monoisotopic (exact) mass is 278 g/mol. The van der Waals surface area contributed by atoms with Crippen molar-refractivity contribution in [2.75, 3.05) is 19.7 Å². The third kappa shape index (κ3) is 5.73. The van der Waals surface area contributed by atoms with Gasteiger partial charge in [-0.3, -0.25) is 4.79 Å². The topological polar surface area (TPSA) is 58.6 Å². The van der Waals surface area contributed by atoms with Gasteiger partial charge in [-0.2, -0.15) is 0 Å². The van der Waals surface area contributed by atoms with Crippen molar-refractivity contribution in [1.82, 2.24) is 10.2 Å². The van der Waals surface area contributed by atoms with Crippen LogP contribution in [0.4, 0.5) is 4.79 Å². The van der Waals surface area contributed by atoms with Crippen LogP contribution in [0, 0.1) is 6.92 Å². The molecule has 5 nitrogen and oxygen atoms in total. The summed E-state index contributed by atoms with van der Waals surface area (Å²) < 4.78 is 4.76. The molecule has 0 radical (unpaired) electrons. The molecule has 0 aliphatic heterocycles. The number of aryl methyl sites for hydroxylation is 1. The number of carbonyl (C=O) groups is 2. The van der Waals surface area contributed by atoms with E-state index in [-0.39, 0.29) is 5.91 Å². The van der Waals surface area contributed by atoms with Crippen LogP contribution in [0.3, 0.4) is 0 Å². The van der Waals surface area contributed by atoms with Crippen molar-refractivity contribution >= 4 is 12.0 Å². The van der Waals surface area contributed by atoms with Gasteiger partial charge < -0.3 is 15.0 Å². The van der Waals surface area contributed by atoms with Crippen molar-refractivity contribution in [3.05, 3.63) is 35.4 Å². The molecule has 0 saturated carbocycles. The molecular weight excluding hydrogens is 256 g/mol. The molecule has 1 N–H and O–H groups in total. The minimum atomic E-state index is -0.452. The predicted molar refractivity (Wildman–Crippen MR) is 77.3 cm³/mol. The van der Waals surface area contributed by atoms with Gasteiger partial charge in [0, 0.05) is 26.6 Å². The molecule has 5 heteroatoms. The number of nitrogens with one attached hydrogen (secondary N) is 1. The highest BCUT2D eigenvalue weighted by molar-refractivity contribution is 5.73. The Kier molecular flexibility index (Phi) is 6.56. The summed E-state index contributed by atoms with van der Waals surface area (Å²) in [6.07, 6.45) is -0.452. The van der Waals surface area contributed by atoms with Gasteiger partial charge in [-0.05, 0) is 19.4 Å². The van der Waals surface area contributed by atoms with Gasteiger partial charge in [-0.25, -0.2) is 4.79 Å². The number of rotatable bonds is 6. The quantitative estimate of drug-likeness (QED) is 0.867. The standard InChI is InChI=1S/C15H22N2O3/c1-4-20-15(19)16-8-9-17(13(3)18)11-14-7-5-6-12(2)10-14/h5-7,10H,4,8-9,11H2,1-3H3,(H,16,19). The first-order valence-corrected chi connectivity index (χ1v) is 6.74. The van der Waals surface area contributed by atoms with Gasteiger partial charge in [0.05, 0.1) is 6.61 Å². The van der Waals surface area contributed by atoms with Crippen LogP contribution < -0.4 is 5.32 Å². The SMILES string of the molecule is CCOC(=O)NCCN(Cc1cccc(C)c1)C(C)=O. The molecule has 1 rings (SSSR count). The van der Waals surface area contributed by atoms with E-state index in [2.05, 4.69) is 11.4 Å². The zero-order chi connectivity index (χ0) is 15.0. The molecule has 1 aromatic rings. The van der Waals surface area contributed by atoms with Crippen molar-refractivity contribution in [2.45, 2.75) is 27.3 Å². The Labute approximate surface area is 119 Å². The number of hydrogen-bond donors (Lipinski definition) is 1. The van der Waals surface area contributed by atoms with Crippen LogP contribution in [0.5, 0.6) is 0 Å². The molecule has 0 aliphatic carbocycles. The van der Waals surface area contributed by atoms with Gasteiger partial charge in [0.1, 0.15) is 0 Å². The van der Waals surface area contributed by atoms with E-state index in [1.807, 2.05) is 25.1 Å². The van der Waals surface area contributed by atoms with E-state index in [4.69, 9.17) is 4.74 Å². The van der Waals surface area contributed by atoms with E-state index in [1.165, 1.54) is 6.92 Å². The smallest absolute Gasteiger partial charge is 0.407 e. The fraction of sp³-hybridized carbons (Fsp3) is 0.467. The fourth-order valence-corrected chi connectivity index (χ4v) is 1.85. The average molecular weight is 278 g/mol. The maximum atomic E-state index is 11.6. The van der Waals surface area contributed by atoms with E-state index >= 15 is 0 Å². The highest BCUT2D eigenvalue weighted by Gasteiger charge is 2.10. The molecule has 0 bridgehead atoms. The minimum Gasteiger partial charge on any atom is -0.450 e. The molecule has 1 aromatic carbocycles. The Hall–Kier alpha value is -2.04. The van der Waals surface area contributed by atoms with E-state index in [9.17, 15) is 9.59 Å². The van der Waals surface area contributed by atoms with Crippen LogP contribution in [0.15, 0.2) is 24.3 Å². The number of ether oxygens (including phenoxy) is 1. The number of amides is 2. The molecule has 20 heavy (non-hydrogen) atoms. The van der Waals surface area contributed by atoms with Crippen LogP contribution in [0.25, 0.3) is 0 Å². The maximum Gasteiger partial charge on any atom is 0.407 e. The molecule has 0 atom stereocenters.